The maximum Gasteiger partial charge on any atom is 0.203 e. The molecule has 0 aliphatic heterocycles. The third kappa shape index (κ3) is 8.97. The van der Waals surface area contributed by atoms with Gasteiger partial charge in [0.1, 0.15) is 0 Å². The Morgan fingerprint density at radius 3 is 1.05 bits per heavy atom. The number of hydrogen-bond acceptors (Lipinski definition) is 6. The molecule has 0 radical (unpaired) electrons. The fourth-order valence-corrected chi connectivity index (χ4v) is 4.66. The third-order valence-corrected chi connectivity index (χ3v) is 6.87. The van der Waals surface area contributed by atoms with Gasteiger partial charge in [0.05, 0.1) is 40.6 Å². The zero-order valence-corrected chi connectivity index (χ0v) is 26.4. The molecule has 0 saturated carbocycles. The molecule has 3 rings (SSSR count). The van der Waals surface area contributed by atoms with Crippen LogP contribution in [0.5, 0.6) is 34.5 Å². The van der Waals surface area contributed by atoms with Gasteiger partial charge in [-0.1, -0.05) is 75.3 Å². The van der Waals surface area contributed by atoms with Crippen molar-refractivity contribution in [1.82, 2.24) is 0 Å². The van der Waals surface area contributed by atoms with Crippen molar-refractivity contribution < 1.29 is 28.4 Å². The summed E-state index contributed by atoms with van der Waals surface area (Å²) in [5.41, 5.74) is 4.08. The molecule has 0 aliphatic carbocycles. The van der Waals surface area contributed by atoms with Crippen LogP contribution in [0, 0.1) is 0 Å². The highest BCUT2D eigenvalue weighted by molar-refractivity contribution is 5.75. The van der Waals surface area contributed by atoms with Crippen LogP contribution in [-0.4, -0.2) is 40.6 Å². The van der Waals surface area contributed by atoms with Crippen molar-refractivity contribution in [2.24, 2.45) is 0 Å². The van der Waals surface area contributed by atoms with Crippen LogP contribution >= 0.6 is 0 Å². The van der Waals surface area contributed by atoms with E-state index in [1.54, 1.807) is 28.4 Å². The lowest BCUT2D eigenvalue weighted by Gasteiger charge is -2.19. The highest BCUT2D eigenvalue weighted by atomic mass is 16.5. The standard InChI is InChI=1S/C36H46O6/c1-9-11-25(3)41-35-31(37-5)21-29(22-32(35)38-6)19-17-27-13-15-28(16-14-27)18-20-30-23-33(39-7)36(34(24-30)40-8)42-26(4)12-10-2/h13-26H,9-12H2,1-8H3. The van der Waals surface area contributed by atoms with E-state index < -0.39 is 0 Å². The van der Waals surface area contributed by atoms with Crippen LogP contribution in [0.15, 0.2) is 48.5 Å². The molecular weight excluding hydrogens is 528 g/mol. The molecule has 42 heavy (non-hydrogen) atoms. The minimum atomic E-state index is 0.0727. The molecule has 2 unspecified atom stereocenters. The van der Waals surface area contributed by atoms with E-state index in [4.69, 9.17) is 28.4 Å². The van der Waals surface area contributed by atoms with Gasteiger partial charge >= 0.3 is 0 Å². The molecular formula is C36H46O6. The van der Waals surface area contributed by atoms with E-state index in [9.17, 15) is 0 Å². The first-order valence-corrected chi connectivity index (χ1v) is 14.7. The monoisotopic (exact) mass is 574 g/mol. The second kappa shape index (κ2) is 16.4. The molecule has 0 bridgehead atoms. The lowest BCUT2D eigenvalue weighted by molar-refractivity contribution is 0.191. The van der Waals surface area contributed by atoms with Gasteiger partial charge in [0.2, 0.25) is 11.5 Å². The molecule has 0 aliphatic rings. The normalized spacial score (nSPS) is 12.8. The molecule has 3 aromatic carbocycles. The maximum atomic E-state index is 6.14. The second-order valence-electron chi connectivity index (χ2n) is 10.3. The van der Waals surface area contributed by atoms with E-state index in [1.807, 2.05) is 36.4 Å². The Kier molecular flexibility index (Phi) is 12.7. The van der Waals surface area contributed by atoms with Crippen molar-refractivity contribution in [2.75, 3.05) is 28.4 Å². The maximum absolute atomic E-state index is 6.14. The molecule has 0 heterocycles. The van der Waals surface area contributed by atoms with Crippen molar-refractivity contribution >= 4 is 24.3 Å². The fourth-order valence-electron chi connectivity index (χ4n) is 4.66. The summed E-state index contributed by atoms with van der Waals surface area (Å²) < 4.78 is 34.8. The van der Waals surface area contributed by atoms with Crippen molar-refractivity contribution in [3.05, 3.63) is 70.8 Å². The minimum Gasteiger partial charge on any atom is -0.493 e. The highest BCUT2D eigenvalue weighted by Gasteiger charge is 2.17. The van der Waals surface area contributed by atoms with Gasteiger partial charge in [0, 0.05) is 0 Å². The summed E-state index contributed by atoms with van der Waals surface area (Å²) in [6, 6.07) is 16.2. The number of rotatable bonds is 16. The summed E-state index contributed by atoms with van der Waals surface area (Å²) in [5.74, 6) is 3.89. The molecule has 0 amide bonds. The quantitative estimate of drug-likeness (QED) is 0.159. The largest absolute Gasteiger partial charge is 0.493 e. The second-order valence-corrected chi connectivity index (χ2v) is 10.3. The molecule has 226 valence electrons. The van der Waals surface area contributed by atoms with Gasteiger partial charge in [-0.25, -0.2) is 0 Å². The first-order chi connectivity index (χ1) is 20.3. The highest BCUT2D eigenvalue weighted by Crippen LogP contribution is 2.41. The number of ether oxygens (including phenoxy) is 6. The van der Waals surface area contributed by atoms with Gasteiger partial charge in [-0.15, -0.1) is 0 Å². The molecule has 2 atom stereocenters. The van der Waals surface area contributed by atoms with Gasteiger partial charge in [0.15, 0.2) is 23.0 Å². The predicted molar refractivity (Wildman–Crippen MR) is 173 cm³/mol. The van der Waals surface area contributed by atoms with Crippen LogP contribution in [0.2, 0.25) is 0 Å². The summed E-state index contributed by atoms with van der Waals surface area (Å²) in [6.45, 7) is 8.40. The van der Waals surface area contributed by atoms with Gasteiger partial charge in [0.25, 0.3) is 0 Å². The van der Waals surface area contributed by atoms with E-state index in [1.165, 1.54) is 0 Å². The topological polar surface area (TPSA) is 55.4 Å². The molecule has 0 fully saturated rings. The summed E-state index contributed by atoms with van der Waals surface area (Å²) >= 11 is 0. The predicted octanol–water partition coefficient (Wildman–Crippen LogP) is 9.20. The zero-order valence-electron chi connectivity index (χ0n) is 26.4. The van der Waals surface area contributed by atoms with Crippen LogP contribution < -0.4 is 28.4 Å². The van der Waals surface area contributed by atoms with Crippen LogP contribution in [0.3, 0.4) is 0 Å². The lowest BCUT2D eigenvalue weighted by atomic mass is 10.1. The van der Waals surface area contributed by atoms with E-state index in [0.29, 0.717) is 34.5 Å². The first-order valence-electron chi connectivity index (χ1n) is 14.7. The van der Waals surface area contributed by atoms with Crippen molar-refractivity contribution in [1.29, 1.82) is 0 Å². The van der Waals surface area contributed by atoms with E-state index in [2.05, 4.69) is 64.1 Å². The molecule has 0 saturated heterocycles. The Labute approximate surface area is 251 Å². The first kappa shape index (κ1) is 32.5. The van der Waals surface area contributed by atoms with E-state index in [0.717, 1.165) is 47.9 Å². The fraction of sp³-hybridized carbons (Fsp3) is 0.389. The Hall–Kier alpha value is -4.06. The van der Waals surface area contributed by atoms with Crippen LogP contribution in [0.4, 0.5) is 0 Å². The zero-order chi connectivity index (χ0) is 30.5. The molecule has 3 aromatic rings. The number of benzene rings is 3. The summed E-state index contributed by atoms with van der Waals surface area (Å²) in [7, 11) is 6.59. The molecule has 6 heteroatoms. The van der Waals surface area contributed by atoms with Gasteiger partial charge in [-0.3, -0.25) is 0 Å². The Morgan fingerprint density at radius 1 is 0.500 bits per heavy atom. The summed E-state index contributed by atoms with van der Waals surface area (Å²) in [5, 5.41) is 0. The minimum absolute atomic E-state index is 0.0727. The Bertz CT molecular complexity index is 1170. The smallest absolute Gasteiger partial charge is 0.203 e. The van der Waals surface area contributed by atoms with E-state index >= 15 is 0 Å². The van der Waals surface area contributed by atoms with E-state index in [-0.39, 0.29) is 12.2 Å². The Balaban J connectivity index is 1.75. The summed E-state index contributed by atoms with van der Waals surface area (Å²) in [6.07, 6.45) is 12.4. The van der Waals surface area contributed by atoms with Crippen LogP contribution in [0.1, 0.15) is 75.6 Å². The summed E-state index contributed by atoms with van der Waals surface area (Å²) in [4.78, 5) is 0. The van der Waals surface area contributed by atoms with Gasteiger partial charge in [-0.2, -0.15) is 0 Å². The van der Waals surface area contributed by atoms with Crippen LogP contribution in [0.25, 0.3) is 24.3 Å². The Morgan fingerprint density at radius 2 is 0.786 bits per heavy atom. The van der Waals surface area contributed by atoms with Gasteiger partial charge < -0.3 is 28.4 Å². The SMILES string of the molecule is CCCC(C)Oc1c(OC)cc(C=Cc2ccc(C=Cc3cc(OC)c(OC(C)CCC)c(OC)c3)cc2)cc1OC. The molecule has 0 spiro atoms. The van der Waals surface area contributed by atoms with Crippen LogP contribution in [-0.2, 0) is 0 Å². The molecule has 0 aromatic heterocycles. The van der Waals surface area contributed by atoms with Crippen molar-refractivity contribution in [3.8, 4) is 34.5 Å². The third-order valence-electron chi connectivity index (χ3n) is 6.87. The van der Waals surface area contributed by atoms with Crippen molar-refractivity contribution in [2.45, 2.75) is 65.6 Å². The molecule has 0 N–H and O–H groups in total. The average molecular weight is 575 g/mol. The number of hydrogen-bond donors (Lipinski definition) is 0. The number of methoxy groups -OCH3 is 4. The molecule has 6 nitrogen and oxygen atoms in total. The lowest BCUT2D eigenvalue weighted by Crippen LogP contribution is -2.12. The van der Waals surface area contributed by atoms with Gasteiger partial charge in [-0.05, 0) is 73.2 Å². The van der Waals surface area contributed by atoms with Crippen molar-refractivity contribution in [3.63, 3.8) is 0 Å². The average Bonchev–Trinajstić information content (AvgIpc) is 3.00.